The monoisotopic (exact) mass is 470 g/mol. The summed E-state index contributed by atoms with van der Waals surface area (Å²) < 4.78 is 33.1. The van der Waals surface area contributed by atoms with Crippen LogP contribution in [0.3, 0.4) is 0 Å². The van der Waals surface area contributed by atoms with Crippen molar-refractivity contribution >= 4 is 39.1 Å². The third-order valence-corrected chi connectivity index (χ3v) is 7.44. The Bertz CT molecular complexity index is 1190. The maximum absolute atomic E-state index is 12.7. The van der Waals surface area contributed by atoms with Gasteiger partial charge in [0.2, 0.25) is 5.91 Å². The van der Waals surface area contributed by atoms with E-state index >= 15 is 0 Å². The Morgan fingerprint density at radius 2 is 1.53 bits per heavy atom. The van der Waals surface area contributed by atoms with Gasteiger partial charge in [0.05, 0.1) is 17.3 Å². The smallest absolute Gasteiger partial charge is 0.261 e. The fourth-order valence-electron chi connectivity index (χ4n) is 2.89. The summed E-state index contributed by atoms with van der Waals surface area (Å²) in [7, 11) is -2.12. The number of aryl methyl sites for hydroxylation is 2. The van der Waals surface area contributed by atoms with Crippen LogP contribution in [-0.2, 0) is 14.8 Å². The van der Waals surface area contributed by atoms with Crippen LogP contribution in [0.5, 0.6) is 5.75 Å². The van der Waals surface area contributed by atoms with Gasteiger partial charge in [-0.1, -0.05) is 6.07 Å². The number of hydrogen-bond donors (Lipinski definition) is 2. The molecule has 0 aromatic heterocycles. The average Bonchev–Trinajstić information content (AvgIpc) is 2.77. The van der Waals surface area contributed by atoms with Gasteiger partial charge in [-0.3, -0.25) is 9.52 Å². The first kappa shape index (κ1) is 23.7. The minimum atomic E-state index is -3.73. The molecule has 0 aliphatic carbocycles. The van der Waals surface area contributed by atoms with Crippen LogP contribution < -0.4 is 14.8 Å². The molecular weight excluding hydrogens is 444 g/mol. The molecule has 0 aliphatic heterocycles. The average molecular weight is 471 g/mol. The third kappa shape index (κ3) is 6.05. The van der Waals surface area contributed by atoms with Crippen LogP contribution in [-0.4, -0.2) is 26.7 Å². The van der Waals surface area contributed by atoms with Crippen molar-refractivity contribution in [3.63, 3.8) is 0 Å². The molecule has 0 fully saturated rings. The number of carbonyl (C=O) groups excluding carboxylic acids is 1. The van der Waals surface area contributed by atoms with E-state index < -0.39 is 10.0 Å². The summed E-state index contributed by atoms with van der Waals surface area (Å²) in [5.41, 5.74) is 3.13. The van der Waals surface area contributed by atoms with Gasteiger partial charge in [0.15, 0.2) is 0 Å². The fraction of sp³-hybridized carbons (Fsp3) is 0.208. The molecule has 0 saturated heterocycles. The summed E-state index contributed by atoms with van der Waals surface area (Å²) in [6, 6.07) is 19.0. The lowest BCUT2D eigenvalue weighted by atomic mass is 10.1. The second-order valence-electron chi connectivity index (χ2n) is 7.35. The van der Waals surface area contributed by atoms with Crippen LogP contribution in [0.25, 0.3) is 0 Å². The van der Waals surface area contributed by atoms with Gasteiger partial charge in [-0.2, -0.15) is 0 Å². The van der Waals surface area contributed by atoms with E-state index in [9.17, 15) is 13.2 Å². The molecule has 6 nitrogen and oxygen atoms in total. The van der Waals surface area contributed by atoms with Crippen molar-refractivity contribution in [2.24, 2.45) is 0 Å². The van der Waals surface area contributed by atoms with Gasteiger partial charge in [-0.05, 0) is 92.6 Å². The standard InChI is InChI=1S/C24H26N2O4S2/c1-16-5-6-20(15-17(16)2)26-32(28,29)23-13-7-19(8-14-23)25-24(27)18(3)31-22-11-9-21(30-4)10-12-22/h5-15,18,26H,1-4H3,(H,25,27)/t18-/m1/s1. The van der Waals surface area contributed by atoms with E-state index in [1.165, 1.54) is 23.9 Å². The molecule has 3 aromatic rings. The van der Waals surface area contributed by atoms with E-state index in [-0.39, 0.29) is 16.1 Å². The van der Waals surface area contributed by atoms with Gasteiger partial charge in [-0.25, -0.2) is 8.42 Å². The predicted octanol–water partition coefficient (Wildman–Crippen LogP) is 5.23. The predicted molar refractivity (Wildman–Crippen MR) is 130 cm³/mol. The van der Waals surface area contributed by atoms with Gasteiger partial charge in [0.25, 0.3) is 10.0 Å². The third-order valence-electron chi connectivity index (χ3n) is 4.93. The number of carbonyl (C=O) groups is 1. The Balaban J connectivity index is 1.62. The van der Waals surface area contributed by atoms with Crippen LogP contribution in [0, 0.1) is 13.8 Å². The lowest BCUT2D eigenvalue weighted by Crippen LogP contribution is -2.22. The van der Waals surface area contributed by atoms with Crippen LogP contribution >= 0.6 is 11.8 Å². The first-order valence-electron chi connectivity index (χ1n) is 9.99. The summed E-state index contributed by atoms with van der Waals surface area (Å²) >= 11 is 1.43. The number of thioether (sulfide) groups is 1. The van der Waals surface area contributed by atoms with Crippen molar-refractivity contribution in [1.29, 1.82) is 0 Å². The molecule has 3 rings (SSSR count). The molecule has 8 heteroatoms. The van der Waals surface area contributed by atoms with Crippen LogP contribution in [0.15, 0.2) is 76.5 Å². The molecular formula is C24H26N2O4S2. The quantitative estimate of drug-likeness (QED) is 0.440. The molecule has 168 valence electrons. The fourth-order valence-corrected chi connectivity index (χ4v) is 4.81. The maximum atomic E-state index is 12.7. The van der Waals surface area contributed by atoms with Gasteiger partial charge in [0.1, 0.15) is 5.75 Å². The molecule has 1 atom stereocenters. The highest BCUT2D eigenvalue weighted by Crippen LogP contribution is 2.26. The van der Waals surface area contributed by atoms with Crippen molar-refractivity contribution in [3.8, 4) is 5.75 Å². The Labute approximate surface area is 193 Å². The maximum Gasteiger partial charge on any atom is 0.261 e. The molecule has 3 aromatic carbocycles. The number of sulfonamides is 1. The van der Waals surface area contributed by atoms with Gasteiger partial charge >= 0.3 is 0 Å². The van der Waals surface area contributed by atoms with Crippen molar-refractivity contribution in [1.82, 2.24) is 0 Å². The number of amides is 1. The first-order chi connectivity index (χ1) is 15.2. The minimum absolute atomic E-state index is 0.120. The minimum Gasteiger partial charge on any atom is -0.497 e. The highest BCUT2D eigenvalue weighted by molar-refractivity contribution is 8.00. The van der Waals surface area contributed by atoms with Gasteiger partial charge < -0.3 is 10.1 Å². The number of benzene rings is 3. The molecule has 1 amide bonds. The second-order valence-corrected chi connectivity index (χ2v) is 10.5. The van der Waals surface area contributed by atoms with E-state index in [0.29, 0.717) is 11.4 Å². The Kier molecular flexibility index (Phi) is 7.48. The Morgan fingerprint density at radius 1 is 0.906 bits per heavy atom. The number of methoxy groups -OCH3 is 1. The number of nitrogens with one attached hydrogen (secondary N) is 2. The summed E-state index contributed by atoms with van der Waals surface area (Å²) in [4.78, 5) is 13.6. The second kappa shape index (κ2) is 10.1. The molecule has 0 radical (unpaired) electrons. The lowest BCUT2D eigenvalue weighted by molar-refractivity contribution is -0.115. The van der Waals surface area contributed by atoms with E-state index in [4.69, 9.17) is 4.74 Å². The van der Waals surface area contributed by atoms with Crippen molar-refractivity contribution < 1.29 is 17.9 Å². The van der Waals surface area contributed by atoms with Crippen LogP contribution in [0.4, 0.5) is 11.4 Å². The highest BCUT2D eigenvalue weighted by atomic mass is 32.2. The Hall–Kier alpha value is -2.97. The van der Waals surface area contributed by atoms with E-state index in [1.54, 1.807) is 31.4 Å². The van der Waals surface area contributed by atoms with Crippen LogP contribution in [0.1, 0.15) is 18.1 Å². The molecule has 0 spiro atoms. The zero-order valence-corrected chi connectivity index (χ0v) is 20.0. The van der Waals surface area contributed by atoms with Gasteiger partial charge in [0, 0.05) is 16.3 Å². The SMILES string of the molecule is COc1ccc(S[C@H](C)C(=O)Nc2ccc(S(=O)(=O)Nc3ccc(C)c(C)c3)cc2)cc1. The van der Waals surface area contributed by atoms with Crippen LogP contribution in [0.2, 0.25) is 0 Å². The van der Waals surface area contributed by atoms with E-state index in [1.807, 2.05) is 51.1 Å². The number of anilines is 2. The number of rotatable bonds is 8. The molecule has 0 aliphatic rings. The summed E-state index contributed by atoms with van der Waals surface area (Å²) in [6.07, 6.45) is 0. The van der Waals surface area contributed by atoms with Gasteiger partial charge in [-0.15, -0.1) is 11.8 Å². The first-order valence-corrected chi connectivity index (χ1v) is 12.4. The highest BCUT2D eigenvalue weighted by Gasteiger charge is 2.17. The normalized spacial score (nSPS) is 12.1. The molecule has 0 bridgehead atoms. The van der Waals surface area contributed by atoms with E-state index in [2.05, 4.69) is 10.0 Å². The molecule has 2 N–H and O–H groups in total. The molecule has 0 saturated carbocycles. The number of ether oxygens (including phenoxy) is 1. The van der Waals surface area contributed by atoms with Crippen molar-refractivity contribution in [2.75, 3.05) is 17.1 Å². The molecule has 0 unspecified atom stereocenters. The Morgan fingerprint density at radius 3 is 2.12 bits per heavy atom. The zero-order chi connectivity index (χ0) is 23.3. The molecule has 32 heavy (non-hydrogen) atoms. The van der Waals surface area contributed by atoms with Crippen molar-refractivity contribution in [2.45, 2.75) is 35.8 Å². The molecule has 0 heterocycles. The number of hydrogen-bond acceptors (Lipinski definition) is 5. The zero-order valence-electron chi connectivity index (χ0n) is 18.4. The largest absolute Gasteiger partial charge is 0.497 e. The van der Waals surface area contributed by atoms with Crippen molar-refractivity contribution in [3.05, 3.63) is 77.9 Å². The summed E-state index contributed by atoms with van der Waals surface area (Å²) in [5.74, 6) is 0.586. The summed E-state index contributed by atoms with van der Waals surface area (Å²) in [5, 5.41) is 2.49. The lowest BCUT2D eigenvalue weighted by Gasteiger charge is -2.13. The topological polar surface area (TPSA) is 84.5 Å². The summed E-state index contributed by atoms with van der Waals surface area (Å²) in [6.45, 7) is 5.71. The van der Waals surface area contributed by atoms with E-state index in [0.717, 1.165) is 21.8 Å².